The summed E-state index contributed by atoms with van der Waals surface area (Å²) in [7, 11) is 0. The summed E-state index contributed by atoms with van der Waals surface area (Å²) in [5, 5.41) is 2.07. The summed E-state index contributed by atoms with van der Waals surface area (Å²) in [6, 6.07) is 4.27. The number of carbonyl (C=O) groups excluding carboxylic acids is 1. The van der Waals surface area contributed by atoms with Gasteiger partial charge in [0.15, 0.2) is 0 Å². The first kappa shape index (κ1) is 13.2. The molecule has 0 atom stereocenters. The molecule has 0 saturated carbocycles. The average Bonchev–Trinajstić information content (AvgIpc) is 2.69. The Hall–Kier alpha value is -0.230. The minimum absolute atomic E-state index is 0.0265. The first-order valence-corrected chi connectivity index (χ1v) is 7.27. The largest absolute Gasteiger partial charge is 0.288 e. The fraction of sp³-hybridized carbons (Fsp3) is 0. The van der Waals surface area contributed by atoms with Crippen LogP contribution < -0.4 is 0 Å². The second kappa shape index (κ2) is 5.18. The Balaban J connectivity index is 2.52. The number of benzene rings is 1. The molecule has 2 rings (SSSR count). The van der Waals surface area contributed by atoms with E-state index in [2.05, 4.69) is 31.9 Å². The predicted octanol–water partition coefficient (Wildman–Crippen LogP) is 5.30. The Labute approximate surface area is 123 Å². The van der Waals surface area contributed by atoms with E-state index in [9.17, 15) is 9.18 Å². The van der Waals surface area contributed by atoms with Gasteiger partial charge < -0.3 is 0 Å². The van der Waals surface area contributed by atoms with Gasteiger partial charge in [0.1, 0.15) is 5.82 Å². The molecule has 0 aliphatic rings. The van der Waals surface area contributed by atoms with E-state index < -0.39 is 5.82 Å². The molecule has 0 aliphatic heterocycles. The summed E-state index contributed by atoms with van der Waals surface area (Å²) in [5.74, 6) is -0.967. The first-order chi connectivity index (χ1) is 8.00. The Morgan fingerprint density at radius 2 is 2.00 bits per heavy atom. The Kier molecular flexibility index (Phi) is 4.02. The van der Waals surface area contributed by atoms with Crippen molar-refractivity contribution in [3.63, 3.8) is 0 Å². The third kappa shape index (κ3) is 2.62. The van der Waals surface area contributed by atoms with Gasteiger partial charge in [0.25, 0.3) is 0 Å². The van der Waals surface area contributed by atoms with Gasteiger partial charge in [0, 0.05) is 8.95 Å². The summed E-state index contributed by atoms with van der Waals surface area (Å²) in [6.45, 7) is 0. The van der Waals surface area contributed by atoms with E-state index in [4.69, 9.17) is 11.6 Å². The fourth-order valence-corrected chi connectivity index (χ4v) is 3.26. The number of ketones is 1. The van der Waals surface area contributed by atoms with E-state index in [0.29, 0.717) is 18.8 Å². The molecule has 2 aromatic rings. The molecule has 0 radical (unpaired) electrons. The molecular weight excluding hydrogens is 394 g/mol. The minimum atomic E-state index is -0.591. The quantitative estimate of drug-likeness (QED) is 0.496. The van der Waals surface area contributed by atoms with Crippen LogP contribution in [0.1, 0.15) is 15.2 Å². The number of halogens is 4. The molecule has 0 fully saturated rings. The van der Waals surface area contributed by atoms with Gasteiger partial charge in [0.2, 0.25) is 5.78 Å². The third-order valence-corrected chi connectivity index (χ3v) is 5.11. The van der Waals surface area contributed by atoms with E-state index in [0.717, 1.165) is 0 Å². The normalized spacial score (nSPS) is 10.6. The van der Waals surface area contributed by atoms with Gasteiger partial charge in [-0.15, -0.1) is 11.3 Å². The Bertz CT molecular complexity index is 597. The number of carbonyl (C=O) groups is 1. The van der Waals surface area contributed by atoms with Gasteiger partial charge in [-0.25, -0.2) is 4.39 Å². The SMILES string of the molecule is O=C(c1cc(Cl)c(Br)cc1F)c1sccc1Br. The van der Waals surface area contributed by atoms with E-state index >= 15 is 0 Å². The van der Waals surface area contributed by atoms with Crippen LogP contribution in [0.25, 0.3) is 0 Å². The highest BCUT2D eigenvalue weighted by Gasteiger charge is 2.19. The molecule has 0 amide bonds. The first-order valence-electron chi connectivity index (χ1n) is 4.43. The summed E-state index contributed by atoms with van der Waals surface area (Å²) in [6.07, 6.45) is 0. The average molecular weight is 398 g/mol. The zero-order valence-corrected chi connectivity index (χ0v) is 12.9. The molecule has 17 heavy (non-hydrogen) atoms. The second-order valence-electron chi connectivity index (χ2n) is 3.17. The van der Waals surface area contributed by atoms with Gasteiger partial charge in [0.05, 0.1) is 15.5 Å². The lowest BCUT2D eigenvalue weighted by Crippen LogP contribution is -2.03. The lowest BCUT2D eigenvalue weighted by molar-refractivity contribution is 0.103. The minimum Gasteiger partial charge on any atom is -0.288 e. The van der Waals surface area contributed by atoms with Gasteiger partial charge in [-0.2, -0.15) is 0 Å². The highest BCUT2D eigenvalue weighted by Crippen LogP contribution is 2.30. The van der Waals surface area contributed by atoms with Crippen molar-refractivity contribution >= 4 is 60.6 Å². The lowest BCUT2D eigenvalue weighted by atomic mass is 10.1. The molecular formula is C11H4Br2ClFOS. The zero-order valence-electron chi connectivity index (χ0n) is 8.14. The summed E-state index contributed by atoms with van der Waals surface area (Å²) < 4.78 is 14.8. The summed E-state index contributed by atoms with van der Waals surface area (Å²) in [5.41, 5.74) is -0.0265. The molecule has 1 nitrogen and oxygen atoms in total. The smallest absolute Gasteiger partial charge is 0.207 e. The van der Waals surface area contributed by atoms with Crippen molar-refractivity contribution in [1.29, 1.82) is 0 Å². The molecule has 0 saturated heterocycles. The second-order valence-corrected chi connectivity index (χ2v) is 6.20. The van der Waals surface area contributed by atoms with Crippen LogP contribution >= 0.6 is 54.8 Å². The van der Waals surface area contributed by atoms with Crippen LogP contribution in [-0.2, 0) is 0 Å². The zero-order chi connectivity index (χ0) is 12.6. The van der Waals surface area contributed by atoms with Crippen molar-refractivity contribution in [3.05, 3.63) is 53.8 Å². The topological polar surface area (TPSA) is 17.1 Å². The monoisotopic (exact) mass is 396 g/mol. The maximum Gasteiger partial charge on any atom is 0.207 e. The Morgan fingerprint density at radius 3 is 2.59 bits per heavy atom. The van der Waals surface area contributed by atoms with Crippen LogP contribution in [0.5, 0.6) is 0 Å². The number of thiophene rings is 1. The highest BCUT2D eigenvalue weighted by atomic mass is 79.9. The molecule has 0 unspecified atom stereocenters. The van der Waals surface area contributed by atoms with Crippen LogP contribution in [0, 0.1) is 5.82 Å². The van der Waals surface area contributed by atoms with Gasteiger partial charge >= 0.3 is 0 Å². The molecule has 0 aliphatic carbocycles. The van der Waals surface area contributed by atoms with Gasteiger partial charge in [-0.1, -0.05) is 11.6 Å². The van der Waals surface area contributed by atoms with Gasteiger partial charge in [-0.3, -0.25) is 4.79 Å². The van der Waals surface area contributed by atoms with Crippen LogP contribution in [0.3, 0.4) is 0 Å². The van der Waals surface area contributed by atoms with Crippen molar-refractivity contribution in [3.8, 4) is 0 Å². The maximum atomic E-state index is 13.7. The number of hydrogen-bond acceptors (Lipinski definition) is 2. The van der Waals surface area contributed by atoms with Crippen molar-refractivity contribution in [2.45, 2.75) is 0 Å². The number of hydrogen-bond donors (Lipinski definition) is 0. The van der Waals surface area contributed by atoms with Crippen LogP contribution in [0.2, 0.25) is 5.02 Å². The standard InChI is InChI=1S/C11H4Br2ClFOS/c12-6-1-2-17-11(6)10(16)5-3-8(14)7(13)4-9(5)15/h1-4H. The van der Waals surface area contributed by atoms with Crippen molar-refractivity contribution in [1.82, 2.24) is 0 Å². The molecule has 6 heteroatoms. The van der Waals surface area contributed by atoms with Gasteiger partial charge in [-0.05, 0) is 55.4 Å². The van der Waals surface area contributed by atoms with E-state index in [1.54, 1.807) is 11.4 Å². The highest BCUT2D eigenvalue weighted by molar-refractivity contribution is 9.10. The molecule has 0 N–H and O–H groups in total. The van der Waals surface area contributed by atoms with Crippen LogP contribution in [-0.4, -0.2) is 5.78 Å². The molecule has 0 bridgehead atoms. The molecule has 1 aromatic carbocycles. The summed E-state index contributed by atoms with van der Waals surface area (Å²) >= 11 is 13.5. The van der Waals surface area contributed by atoms with Crippen LogP contribution in [0.15, 0.2) is 32.5 Å². The fourth-order valence-electron chi connectivity index (χ4n) is 1.27. The lowest BCUT2D eigenvalue weighted by Gasteiger charge is -2.04. The summed E-state index contributed by atoms with van der Waals surface area (Å²) in [4.78, 5) is 12.5. The van der Waals surface area contributed by atoms with Crippen molar-refractivity contribution in [2.75, 3.05) is 0 Å². The van der Waals surface area contributed by atoms with Crippen molar-refractivity contribution in [2.24, 2.45) is 0 Å². The molecule has 1 heterocycles. The molecule has 1 aromatic heterocycles. The van der Waals surface area contributed by atoms with E-state index in [1.165, 1.54) is 23.5 Å². The molecule has 0 spiro atoms. The third-order valence-electron chi connectivity index (χ3n) is 2.08. The van der Waals surface area contributed by atoms with E-state index in [-0.39, 0.29) is 11.3 Å². The maximum absolute atomic E-state index is 13.7. The van der Waals surface area contributed by atoms with Crippen molar-refractivity contribution < 1.29 is 9.18 Å². The Morgan fingerprint density at radius 1 is 1.29 bits per heavy atom. The number of rotatable bonds is 2. The molecule has 88 valence electrons. The van der Waals surface area contributed by atoms with E-state index in [1.807, 2.05) is 0 Å². The predicted molar refractivity (Wildman–Crippen MR) is 74.6 cm³/mol. The van der Waals surface area contributed by atoms with Crippen LogP contribution in [0.4, 0.5) is 4.39 Å².